The van der Waals surface area contributed by atoms with Gasteiger partial charge in [-0.05, 0) is 44.8 Å². The van der Waals surface area contributed by atoms with Gasteiger partial charge in [-0.2, -0.15) is 0 Å². The van der Waals surface area contributed by atoms with Crippen LogP contribution in [0.2, 0.25) is 0 Å². The molecule has 1 aromatic carbocycles. The van der Waals surface area contributed by atoms with E-state index in [0.29, 0.717) is 12.2 Å². The van der Waals surface area contributed by atoms with Gasteiger partial charge in [-0.15, -0.1) is 0 Å². The molecule has 0 spiro atoms. The van der Waals surface area contributed by atoms with Gasteiger partial charge in [0.1, 0.15) is 0 Å². The number of esters is 1. The number of benzene rings is 1. The smallest absolute Gasteiger partial charge is 0.465 e. The summed E-state index contributed by atoms with van der Waals surface area (Å²) < 4.78 is 22.0. The second-order valence-electron chi connectivity index (χ2n) is 6.43. The Labute approximate surface area is 132 Å². The normalized spacial score (nSPS) is 19.3. The van der Waals surface area contributed by atoms with E-state index in [0.717, 1.165) is 11.0 Å². The van der Waals surface area contributed by atoms with Crippen LogP contribution in [0.3, 0.4) is 0 Å². The first kappa shape index (κ1) is 17.0. The average molecular weight is 306 g/mol. The molecule has 0 amide bonds. The van der Waals surface area contributed by atoms with Crippen LogP contribution >= 0.6 is 0 Å². The number of rotatable bonds is 4. The van der Waals surface area contributed by atoms with Gasteiger partial charge in [0.25, 0.3) is 0 Å². The lowest BCUT2D eigenvalue weighted by Gasteiger charge is -2.32. The molecular formula is C16H23BO5. The van der Waals surface area contributed by atoms with Gasteiger partial charge in [-0.3, -0.25) is 0 Å². The number of hydrogen-bond acceptors (Lipinski definition) is 5. The van der Waals surface area contributed by atoms with Crippen molar-refractivity contribution in [3.05, 3.63) is 29.3 Å². The minimum absolute atomic E-state index is 0.317. The van der Waals surface area contributed by atoms with E-state index < -0.39 is 18.3 Å². The minimum Gasteiger partial charge on any atom is -0.465 e. The number of methoxy groups -OCH3 is 2. The monoisotopic (exact) mass is 306 g/mol. The van der Waals surface area contributed by atoms with Crippen molar-refractivity contribution in [1.82, 2.24) is 0 Å². The fourth-order valence-corrected chi connectivity index (χ4v) is 2.32. The number of ether oxygens (including phenoxy) is 2. The van der Waals surface area contributed by atoms with Crippen LogP contribution in [0, 0.1) is 0 Å². The molecule has 0 N–H and O–H groups in total. The molecule has 22 heavy (non-hydrogen) atoms. The molecule has 0 atom stereocenters. The first-order chi connectivity index (χ1) is 10.2. The minimum atomic E-state index is -0.465. The lowest BCUT2D eigenvalue weighted by atomic mass is 9.77. The van der Waals surface area contributed by atoms with Crippen molar-refractivity contribution in [2.45, 2.75) is 45.5 Å². The highest BCUT2D eigenvalue weighted by Gasteiger charge is 2.51. The Balaban J connectivity index is 2.34. The Morgan fingerprint density at radius 1 is 1.14 bits per heavy atom. The Bertz CT molecular complexity index is 552. The third-order valence-corrected chi connectivity index (χ3v) is 4.36. The molecule has 120 valence electrons. The Hall–Kier alpha value is -1.37. The molecule has 1 heterocycles. The summed E-state index contributed by atoms with van der Waals surface area (Å²) in [6, 6.07) is 5.42. The fraction of sp³-hybridized carbons (Fsp3) is 0.562. The van der Waals surface area contributed by atoms with Crippen LogP contribution in [0.5, 0.6) is 0 Å². The van der Waals surface area contributed by atoms with E-state index >= 15 is 0 Å². The molecule has 1 aliphatic heterocycles. The van der Waals surface area contributed by atoms with Crippen molar-refractivity contribution in [3.8, 4) is 0 Å². The molecule has 2 rings (SSSR count). The zero-order valence-electron chi connectivity index (χ0n) is 14.1. The summed E-state index contributed by atoms with van der Waals surface area (Å²) in [6.07, 6.45) is 0. The maximum atomic E-state index is 11.8. The summed E-state index contributed by atoms with van der Waals surface area (Å²) in [5.41, 5.74) is 1.30. The van der Waals surface area contributed by atoms with Crippen LogP contribution in [0.25, 0.3) is 0 Å². The van der Waals surface area contributed by atoms with Crippen molar-refractivity contribution >= 4 is 18.6 Å². The second-order valence-corrected chi connectivity index (χ2v) is 6.43. The summed E-state index contributed by atoms with van der Waals surface area (Å²) in [7, 11) is 2.48. The van der Waals surface area contributed by atoms with Crippen molar-refractivity contribution in [2.75, 3.05) is 14.2 Å². The van der Waals surface area contributed by atoms with Crippen LogP contribution in [-0.4, -0.2) is 38.5 Å². The predicted octanol–water partition coefficient (Wildman–Crippen LogP) is 1.92. The van der Waals surface area contributed by atoms with Crippen molar-refractivity contribution < 1.29 is 23.6 Å². The molecule has 1 saturated heterocycles. The molecule has 0 aromatic heterocycles. The summed E-state index contributed by atoms with van der Waals surface area (Å²) in [4.78, 5) is 11.8. The molecule has 1 aliphatic rings. The summed E-state index contributed by atoms with van der Waals surface area (Å²) in [5.74, 6) is -0.382. The van der Waals surface area contributed by atoms with Crippen molar-refractivity contribution in [1.29, 1.82) is 0 Å². The van der Waals surface area contributed by atoms with Gasteiger partial charge in [0, 0.05) is 7.11 Å². The first-order valence-electron chi connectivity index (χ1n) is 7.27. The van der Waals surface area contributed by atoms with E-state index in [2.05, 4.69) is 0 Å². The van der Waals surface area contributed by atoms with E-state index in [1.54, 1.807) is 13.2 Å². The van der Waals surface area contributed by atoms with Gasteiger partial charge in [-0.1, -0.05) is 12.1 Å². The molecule has 0 saturated carbocycles. The van der Waals surface area contributed by atoms with Gasteiger partial charge in [0.2, 0.25) is 0 Å². The highest BCUT2D eigenvalue weighted by atomic mass is 16.7. The van der Waals surface area contributed by atoms with E-state index in [-0.39, 0.29) is 5.97 Å². The summed E-state index contributed by atoms with van der Waals surface area (Å²) in [6.45, 7) is 8.34. The molecule has 1 aromatic rings. The van der Waals surface area contributed by atoms with Crippen LogP contribution in [0.1, 0.15) is 43.6 Å². The third-order valence-electron chi connectivity index (χ3n) is 4.36. The first-order valence-corrected chi connectivity index (χ1v) is 7.27. The Kier molecular flexibility index (Phi) is 4.66. The summed E-state index contributed by atoms with van der Waals surface area (Å²) >= 11 is 0. The molecule has 6 heteroatoms. The van der Waals surface area contributed by atoms with Crippen LogP contribution in [0.4, 0.5) is 0 Å². The third kappa shape index (κ3) is 3.04. The molecule has 0 bridgehead atoms. The zero-order chi connectivity index (χ0) is 16.5. The topological polar surface area (TPSA) is 54.0 Å². The standard InChI is InChI=1S/C16H23BO5/c1-15(2)16(3,4)22-17(21-15)12-7-8-13(14(18)20-6)11(9-12)10-19-5/h7-9H,10H2,1-6H3. The molecule has 0 radical (unpaired) electrons. The molecule has 1 fully saturated rings. The summed E-state index contributed by atoms with van der Waals surface area (Å²) in [5, 5.41) is 0. The van der Waals surface area contributed by atoms with E-state index in [1.807, 2.05) is 39.8 Å². The van der Waals surface area contributed by atoms with Crippen LogP contribution < -0.4 is 5.46 Å². The molecule has 5 nitrogen and oxygen atoms in total. The highest BCUT2D eigenvalue weighted by molar-refractivity contribution is 6.62. The van der Waals surface area contributed by atoms with Gasteiger partial charge in [-0.25, -0.2) is 4.79 Å². The van der Waals surface area contributed by atoms with Crippen LogP contribution in [-0.2, 0) is 25.4 Å². The van der Waals surface area contributed by atoms with E-state index in [9.17, 15) is 4.79 Å². The zero-order valence-corrected chi connectivity index (χ0v) is 14.1. The number of carbonyl (C=O) groups excluding carboxylic acids is 1. The molecule has 0 aliphatic carbocycles. The van der Waals surface area contributed by atoms with Crippen molar-refractivity contribution in [2.24, 2.45) is 0 Å². The number of carbonyl (C=O) groups is 1. The number of hydrogen-bond donors (Lipinski definition) is 0. The maximum Gasteiger partial charge on any atom is 0.494 e. The largest absolute Gasteiger partial charge is 0.494 e. The maximum absolute atomic E-state index is 11.8. The lowest BCUT2D eigenvalue weighted by Crippen LogP contribution is -2.41. The quantitative estimate of drug-likeness (QED) is 0.628. The molecular weight excluding hydrogens is 283 g/mol. The van der Waals surface area contributed by atoms with Gasteiger partial charge in [0.15, 0.2) is 0 Å². The lowest BCUT2D eigenvalue weighted by molar-refractivity contribution is 0.00578. The SMILES string of the molecule is COCc1cc(B2OC(C)(C)C(C)(C)O2)ccc1C(=O)OC. The Morgan fingerprint density at radius 3 is 2.23 bits per heavy atom. The average Bonchev–Trinajstić information content (AvgIpc) is 2.67. The van der Waals surface area contributed by atoms with Gasteiger partial charge >= 0.3 is 13.1 Å². The van der Waals surface area contributed by atoms with Crippen LogP contribution in [0.15, 0.2) is 18.2 Å². The van der Waals surface area contributed by atoms with E-state index in [4.69, 9.17) is 18.8 Å². The fourth-order valence-electron chi connectivity index (χ4n) is 2.32. The highest BCUT2D eigenvalue weighted by Crippen LogP contribution is 2.36. The van der Waals surface area contributed by atoms with E-state index in [1.165, 1.54) is 7.11 Å². The molecule has 0 unspecified atom stereocenters. The van der Waals surface area contributed by atoms with Gasteiger partial charge in [0.05, 0.1) is 30.5 Å². The second kappa shape index (κ2) is 6.03. The Morgan fingerprint density at radius 2 is 1.73 bits per heavy atom. The van der Waals surface area contributed by atoms with Crippen molar-refractivity contribution in [3.63, 3.8) is 0 Å². The predicted molar refractivity (Wildman–Crippen MR) is 84.2 cm³/mol. The van der Waals surface area contributed by atoms with Gasteiger partial charge < -0.3 is 18.8 Å².